The zero-order chi connectivity index (χ0) is 12.4. The summed E-state index contributed by atoms with van der Waals surface area (Å²) in [6, 6.07) is 8.72. The van der Waals surface area contributed by atoms with Crippen LogP contribution in [0.2, 0.25) is 0 Å². The van der Waals surface area contributed by atoms with Crippen LogP contribution in [0.15, 0.2) is 28.7 Å². The van der Waals surface area contributed by atoms with Crippen molar-refractivity contribution in [3.05, 3.63) is 34.3 Å². The SMILES string of the molecule is Brc1ccccc1CC1(C2CC2)CCCCCN1. The highest BCUT2D eigenvalue weighted by molar-refractivity contribution is 9.10. The average Bonchev–Trinajstić information content (AvgIpc) is 3.18. The summed E-state index contributed by atoms with van der Waals surface area (Å²) in [6.45, 7) is 1.21. The molecule has 0 amide bonds. The van der Waals surface area contributed by atoms with Crippen LogP contribution >= 0.6 is 15.9 Å². The van der Waals surface area contributed by atoms with Gasteiger partial charge in [-0.3, -0.25) is 0 Å². The Labute approximate surface area is 118 Å². The number of hydrogen-bond donors (Lipinski definition) is 1. The maximum Gasteiger partial charge on any atom is 0.0250 e. The van der Waals surface area contributed by atoms with Crippen LogP contribution in [0.3, 0.4) is 0 Å². The van der Waals surface area contributed by atoms with Crippen LogP contribution in [-0.2, 0) is 6.42 Å². The molecule has 0 radical (unpaired) electrons. The van der Waals surface area contributed by atoms with Gasteiger partial charge in [0.05, 0.1) is 0 Å². The first-order chi connectivity index (χ1) is 8.80. The van der Waals surface area contributed by atoms with Gasteiger partial charge in [-0.2, -0.15) is 0 Å². The van der Waals surface area contributed by atoms with E-state index in [-0.39, 0.29) is 0 Å². The maximum absolute atomic E-state index is 3.91. The van der Waals surface area contributed by atoms with E-state index in [1.807, 2.05) is 0 Å². The van der Waals surface area contributed by atoms with Crippen LogP contribution in [0, 0.1) is 5.92 Å². The lowest BCUT2D eigenvalue weighted by molar-refractivity contribution is 0.270. The first kappa shape index (κ1) is 12.7. The predicted octanol–water partition coefficient (Wildman–Crippen LogP) is 4.30. The Kier molecular flexibility index (Phi) is 3.76. The highest BCUT2D eigenvalue weighted by atomic mass is 79.9. The molecule has 1 aliphatic carbocycles. The second-order valence-electron chi connectivity index (χ2n) is 5.94. The van der Waals surface area contributed by atoms with Crippen molar-refractivity contribution in [2.45, 2.75) is 50.5 Å². The molecule has 0 aromatic heterocycles. The quantitative estimate of drug-likeness (QED) is 0.877. The molecule has 0 bridgehead atoms. The topological polar surface area (TPSA) is 12.0 Å². The summed E-state index contributed by atoms with van der Waals surface area (Å²) in [5.41, 5.74) is 1.86. The van der Waals surface area contributed by atoms with Gasteiger partial charge in [-0.05, 0) is 56.2 Å². The number of benzene rings is 1. The van der Waals surface area contributed by atoms with Gasteiger partial charge in [-0.25, -0.2) is 0 Å². The molecule has 18 heavy (non-hydrogen) atoms. The van der Waals surface area contributed by atoms with E-state index in [9.17, 15) is 0 Å². The molecule has 1 aromatic carbocycles. The van der Waals surface area contributed by atoms with E-state index < -0.39 is 0 Å². The standard InChI is InChI=1S/C16H22BrN/c17-15-7-3-2-6-13(15)12-16(14-8-9-14)10-4-1-5-11-18-16/h2-3,6-7,14,18H,1,4-5,8-12H2. The Hall–Kier alpha value is -0.340. The van der Waals surface area contributed by atoms with Gasteiger partial charge in [0, 0.05) is 10.0 Å². The van der Waals surface area contributed by atoms with Gasteiger partial charge >= 0.3 is 0 Å². The minimum Gasteiger partial charge on any atom is -0.311 e. The Morgan fingerprint density at radius 2 is 2.00 bits per heavy atom. The second kappa shape index (κ2) is 5.34. The molecule has 3 rings (SSSR count). The largest absolute Gasteiger partial charge is 0.311 e. The number of rotatable bonds is 3. The minimum absolute atomic E-state index is 0.389. The zero-order valence-corrected chi connectivity index (χ0v) is 12.5. The third-order valence-corrected chi connectivity index (χ3v) is 5.37. The average molecular weight is 308 g/mol. The molecule has 2 heteroatoms. The summed E-state index contributed by atoms with van der Waals surface area (Å²) in [5, 5.41) is 3.91. The molecule has 1 saturated heterocycles. The summed E-state index contributed by atoms with van der Waals surface area (Å²) in [7, 11) is 0. The zero-order valence-electron chi connectivity index (χ0n) is 10.9. The Balaban J connectivity index is 1.83. The fourth-order valence-corrected chi connectivity index (χ4v) is 3.85. The number of halogens is 1. The van der Waals surface area contributed by atoms with Crippen molar-refractivity contribution in [1.82, 2.24) is 5.32 Å². The van der Waals surface area contributed by atoms with Gasteiger partial charge in [-0.15, -0.1) is 0 Å². The molecule has 1 saturated carbocycles. The highest BCUT2D eigenvalue weighted by Crippen LogP contribution is 2.45. The predicted molar refractivity (Wildman–Crippen MR) is 79.8 cm³/mol. The van der Waals surface area contributed by atoms with E-state index >= 15 is 0 Å². The molecule has 98 valence electrons. The fourth-order valence-electron chi connectivity index (χ4n) is 3.43. The lowest BCUT2D eigenvalue weighted by Crippen LogP contribution is -2.48. The lowest BCUT2D eigenvalue weighted by Gasteiger charge is -2.35. The third kappa shape index (κ3) is 2.65. The molecule has 1 unspecified atom stereocenters. The van der Waals surface area contributed by atoms with Crippen LogP contribution in [0.25, 0.3) is 0 Å². The first-order valence-corrected chi connectivity index (χ1v) is 8.08. The van der Waals surface area contributed by atoms with Crippen LogP contribution < -0.4 is 5.32 Å². The van der Waals surface area contributed by atoms with Crippen LogP contribution in [0.5, 0.6) is 0 Å². The van der Waals surface area contributed by atoms with Crippen molar-refractivity contribution in [3.8, 4) is 0 Å². The highest BCUT2D eigenvalue weighted by Gasteiger charge is 2.44. The molecule has 1 N–H and O–H groups in total. The van der Waals surface area contributed by atoms with E-state index in [1.165, 1.54) is 61.5 Å². The fraction of sp³-hybridized carbons (Fsp3) is 0.625. The van der Waals surface area contributed by atoms with Crippen LogP contribution in [-0.4, -0.2) is 12.1 Å². The molecule has 1 atom stereocenters. The maximum atomic E-state index is 3.91. The molecule has 2 fully saturated rings. The normalized spacial score (nSPS) is 28.9. The lowest BCUT2D eigenvalue weighted by atomic mass is 9.82. The summed E-state index contributed by atoms with van der Waals surface area (Å²) >= 11 is 3.71. The van der Waals surface area contributed by atoms with Crippen molar-refractivity contribution in [3.63, 3.8) is 0 Å². The van der Waals surface area contributed by atoms with Gasteiger partial charge in [0.1, 0.15) is 0 Å². The molecule has 1 heterocycles. The van der Waals surface area contributed by atoms with Gasteiger partial charge in [0.2, 0.25) is 0 Å². The molecule has 0 spiro atoms. The summed E-state index contributed by atoms with van der Waals surface area (Å²) in [6.07, 6.45) is 9.56. The molecular weight excluding hydrogens is 286 g/mol. The van der Waals surface area contributed by atoms with E-state index in [4.69, 9.17) is 0 Å². The van der Waals surface area contributed by atoms with E-state index in [1.54, 1.807) is 0 Å². The molecule has 1 nitrogen and oxygen atoms in total. The second-order valence-corrected chi connectivity index (χ2v) is 6.79. The molecule has 1 aromatic rings. The number of nitrogens with one attached hydrogen (secondary N) is 1. The van der Waals surface area contributed by atoms with Crippen molar-refractivity contribution in [2.75, 3.05) is 6.54 Å². The third-order valence-electron chi connectivity index (χ3n) is 4.60. The van der Waals surface area contributed by atoms with Crippen molar-refractivity contribution in [2.24, 2.45) is 5.92 Å². The van der Waals surface area contributed by atoms with Gasteiger partial charge in [0.15, 0.2) is 0 Å². The first-order valence-electron chi connectivity index (χ1n) is 7.29. The minimum atomic E-state index is 0.389. The van der Waals surface area contributed by atoms with Crippen molar-refractivity contribution in [1.29, 1.82) is 0 Å². The van der Waals surface area contributed by atoms with E-state index in [2.05, 4.69) is 45.5 Å². The van der Waals surface area contributed by atoms with Crippen LogP contribution in [0.4, 0.5) is 0 Å². The van der Waals surface area contributed by atoms with Crippen molar-refractivity contribution < 1.29 is 0 Å². The monoisotopic (exact) mass is 307 g/mol. The summed E-state index contributed by atoms with van der Waals surface area (Å²) in [4.78, 5) is 0. The summed E-state index contributed by atoms with van der Waals surface area (Å²) in [5.74, 6) is 0.919. The van der Waals surface area contributed by atoms with Gasteiger partial charge in [0.25, 0.3) is 0 Å². The van der Waals surface area contributed by atoms with Gasteiger partial charge < -0.3 is 5.32 Å². The van der Waals surface area contributed by atoms with E-state index in [0.29, 0.717) is 5.54 Å². The molecule has 2 aliphatic rings. The van der Waals surface area contributed by atoms with Gasteiger partial charge in [-0.1, -0.05) is 47.0 Å². The van der Waals surface area contributed by atoms with Crippen molar-refractivity contribution >= 4 is 15.9 Å². The molecule has 1 aliphatic heterocycles. The Bertz CT molecular complexity index is 403. The summed E-state index contributed by atoms with van der Waals surface area (Å²) < 4.78 is 1.27. The smallest absolute Gasteiger partial charge is 0.0250 e. The number of hydrogen-bond acceptors (Lipinski definition) is 1. The molecular formula is C16H22BrN. The Morgan fingerprint density at radius 1 is 1.17 bits per heavy atom. The Morgan fingerprint density at radius 3 is 2.78 bits per heavy atom. The van der Waals surface area contributed by atoms with Crippen LogP contribution in [0.1, 0.15) is 44.1 Å². The van der Waals surface area contributed by atoms with E-state index in [0.717, 1.165) is 5.92 Å².